The lowest BCUT2D eigenvalue weighted by atomic mass is 9.89. The summed E-state index contributed by atoms with van der Waals surface area (Å²) in [5.74, 6) is -1.20. The largest absolute Gasteiger partial charge is 0.422 e. The zero-order valence-electron chi connectivity index (χ0n) is 15.6. The Morgan fingerprint density at radius 1 is 0.786 bits per heavy atom. The Hall–Kier alpha value is -3.53. The number of rotatable bonds is 4. The van der Waals surface area contributed by atoms with Gasteiger partial charge in [0.15, 0.2) is 11.6 Å². The van der Waals surface area contributed by atoms with Crippen molar-refractivity contribution in [3.8, 4) is 0 Å². The van der Waals surface area contributed by atoms with E-state index in [4.69, 9.17) is 4.42 Å². The van der Waals surface area contributed by atoms with Crippen molar-refractivity contribution in [1.82, 2.24) is 0 Å². The molecular weight excluding hydrogens is 352 g/mol. The molecule has 0 aliphatic carbocycles. The van der Waals surface area contributed by atoms with Gasteiger partial charge in [-0.05, 0) is 16.8 Å². The lowest BCUT2D eigenvalue weighted by molar-refractivity contribution is 0.0926. The molecule has 0 spiro atoms. The van der Waals surface area contributed by atoms with Gasteiger partial charge in [-0.1, -0.05) is 74.5 Å². The molecule has 0 aliphatic heterocycles. The highest BCUT2D eigenvalue weighted by Crippen LogP contribution is 2.28. The maximum atomic E-state index is 13.6. The monoisotopic (exact) mass is 370 g/mol. The van der Waals surface area contributed by atoms with E-state index >= 15 is 0 Å². The van der Waals surface area contributed by atoms with Crippen LogP contribution >= 0.6 is 0 Å². The molecule has 0 radical (unpaired) electrons. The Balaban J connectivity index is 2.09. The predicted octanol–water partition coefficient (Wildman–Crippen LogP) is 5.02. The Kier molecular flexibility index (Phi) is 4.40. The lowest BCUT2D eigenvalue weighted by Gasteiger charge is -2.13. The standard InChI is InChI=1S/C24H18O4/c1-14(2)22(25)21-20(18-11-5-6-13-19(18)28-24(21)27)23(26)17-12-7-9-15-8-3-4-10-16(15)17/h3-14H,1-2H3. The molecule has 0 fully saturated rings. The molecule has 0 aliphatic rings. The van der Waals surface area contributed by atoms with Gasteiger partial charge in [0, 0.05) is 16.9 Å². The summed E-state index contributed by atoms with van der Waals surface area (Å²) in [6, 6.07) is 19.8. The van der Waals surface area contributed by atoms with E-state index in [1.54, 1.807) is 50.2 Å². The highest BCUT2D eigenvalue weighted by molar-refractivity contribution is 6.25. The quantitative estimate of drug-likeness (QED) is 0.374. The molecule has 0 N–H and O–H groups in total. The number of hydrogen-bond donors (Lipinski definition) is 0. The van der Waals surface area contributed by atoms with Crippen LogP contribution in [0.15, 0.2) is 75.9 Å². The minimum absolute atomic E-state index is 0.113. The maximum absolute atomic E-state index is 13.6. The number of para-hydroxylation sites is 1. The van der Waals surface area contributed by atoms with E-state index in [9.17, 15) is 14.4 Å². The van der Waals surface area contributed by atoms with Gasteiger partial charge < -0.3 is 4.42 Å². The second-order valence-corrected chi connectivity index (χ2v) is 7.01. The molecule has 0 atom stereocenters. The van der Waals surface area contributed by atoms with Crippen LogP contribution in [-0.4, -0.2) is 11.6 Å². The highest BCUT2D eigenvalue weighted by atomic mass is 16.4. The van der Waals surface area contributed by atoms with Crippen molar-refractivity contribution in [2.24, 2.45) is 5.92 Å². The summed E-state index contributed by atoms with van der Waals surface area (Å²) in [6.07, 6.45) is 0. The summed E-state index contributed by atoms with van der Waals surface area (Å²) < 4.78 is 5.35. The van der Waals surface area contributed by atoms with Gasteiger partial charge >= 0.3 is 5.63 Å². The van der Waals surface area contributed by atoms with E-state index in [2.05, 4.69) is 0 Å². The first-order valence-electron chi connectivity index (χ1n) is 9.11. The van der Waals surface area contributed by atoms with Crippen LogP contribution in [0.5, 0.6) is 0 Å². The summed E-state index contributed by atoms with van der Waals surface area (Å²) in [5, 5.41) is 2.15. The molecule has 0 unspecified atom stereocenters. The van der Waals surface area contributed by atoms with Crippen molar-refractivity contribution in [2.45, 2.75) is 13.8 Å². The third-order valence-corrected chi connectivity index (χ3v) is 4.85. The smallest absolute Gasteiger partial charge is 0.347 e. The molecule has 0 bridgehead atoms. The van der Waals surface area contributed by atoms with Crippen LogP contribution in [-0.2, 0) is 0 Å². The highest BCUT2D eigenvalue weighted by Gasteiger charge is 2.28. The molecular formula is C24H18O4. The Labute approximate surface area is 161 Å². The first kappa shape index (κ1) is 17.9. The molecule has 4 aromatic rings. The van der Waals surface area contributed by atoms with Crippen molar-refractivity contribution in [3.05, 3.63) is 93.8 Å². The van der Waals surface area contributed by atoms with Gasteiger partial charge in [-0.2, -0.15) is 0 Å². The molecule has 1 heterocycles. The van der Waals surface area contributed by atoms with E-state index in [1.165, 1.54) is 0 Å². The van der Waals surface area contributed by atoms with Gasteiger partial charge in [0.2, 0.25) is 0 Å². The van der Waals surface area contributed by atoms with E-state index in [-0.39, 0.29) is 22.5 Å². The number of benzene rings is 3. The Bertz CT molecular complexity index is 1290. The average molecular weight is 370 g/mol. The van der Waals surface area contributed by atoms with Gasteiger partial charge in [-0.25, -0.2) is 4.79 Å². The maximum Gasteiger partial charge on any atom is 0.347 e. The fraction of sp³-hybridized carbons (Fsp3) is 0.125. The molecule has 4 heteroatoms. The van der Waals surface area contributed by atoms with Crippen molar-refractivity contribution < 1.29 is 14.0 Å². The first-order valence-corrected chi connectivity index (χ1v) is 9.11. The summed E-state index contributed by atoms with van der Waals surface area (Å²) in [4.78, 5) is 39.1. The van der Waals surface area contributed by atoms with E-state index in [0.29, 0.717) is 10.9 Å². The Morgan fingerprint density at radius 3 is 2.18 bits per heavy atom. The van der Waals surface area contributed by atoms with Crippen molar-refractivity contribution in [1.29, 1.82) is 0 Å². The van der Waals surface area contributed by atoms with Crippen molar-refractivity contribution >= 4 is 33.3 Å². The zero-order valence-corrected chi connectivity index (χ0v) is 15.6. The number of carbonyl (C=O) groups is 2. The third-order valence-electron chi connectivity index (χ3n) is 4.85. The van der Waals surface area contributed by atoms with Gasteiger partial charge in [0.05, 0.1) is 5.56 Å². The number of hydrogen-bond acceptors (Lipinski definition) is 4. The van der Waals surface area contributed by atoms with Crippen LogP contribution in [0, 0.1) is 5.92 Å². The second-order valence-electron chi connectivity index (χ2n) is 7.01. The summed E-state index contributed by atoms with van der Waals surface area (Å²) >= 11 is 0. The molecule has 138 valence electrons. The number of fused-ring (bicyclic) bond motifs is 2. The predicted molar refractivity (Wildman–Crippen MR) is 109 cm³/mol. The third kappa shape index (κ3) is 2.83. The zero-order chi connectivity index (χ0) is 19.8. The molecule has 0 saturated carbocycles. The van der Waals surface area contributed by atoms with Gasteiger partial charge in [0.1, 0.15) is 11.1 Å². The van der Waals surface area contributed by atoms with Crippen LogP contribution in [0.1, 0.15) is 40.1 Å². The van der Waals surface area contributed by atoms with Crippen LogP contribution in [0.25, 0.3) is 21.7 Å². The average Bonchev–Trinajstić information content (AvgIpc) is 2.71. The molecule has 1 aromatic heterocycles. The van der Waals surface area contributed by atoms with Gasteiger partial charge in [0.25, 0.3) is 0 Å². The van der Waals surface area contributed by atoms with Gasteiger partial charge in [-0.15, -0.1) is 0 Å². The van der Waals surface area contributed by atoms with E-state index in [1.807, 2.05) is 30.3 Å². The molecule has 3 aromatic carbocycles. The lowest BCUT2D eigenvalue weighted by Crippen LogP contribution is -2.24. The fourth-order valence-electron chi connectivity index (χ4n) is 3.46. The number of Topliss-reactive ketones (excluding diaryl/α,β-unsaturated/α-hetero) is 1. The normalized spacial score (nSPS) is 11.2. The minimum Gasteiger partial charge on any atom is -0.422 e. The van der Waals surface area contributed by atoms with E-state index < -0.39 is 17.3 Å². The van der Waals surface area contributed by atoms with Crippen LogP contribution < -0.4 is 5.63 Å². The van der Waals surface area contributed by atoms with Crippen LogP contribution in [0.2, 0.25) is 0 Å². The summed E-state index contributed by atoms with van der Waals surface area (Å²) in [6.45, 7) is 3.40. The molecule has 28 heavy (non-hydrogen) atoms. The molecule has 4 rings (SSSR count). The van der Waals surface area contributed by atoms with Crippen LogP contribution in [0.3, 0.4) is 0 Å². The Morgan fingerprint density at radius 2 is 1.43 bits per heavy atom. The summed E-state index contributed by atoms with van der Waals surface area (Å²) in [5.41, 5.74) is -0.0995. The first-order chi connectivity index (χ1) is 13.5. The van der Waals surface area contributed by atoms with Crippen LogP contribution in [0.4, 0.5) is 0 Å². The molecule has 0 saturated heterocycles. The number of carbonyl (C=O) groups excluding carboxylic acids is 2. The van der Waals surface area contributed by atoms with Crippen molar-refractivity contribution in [3.63, 3.8) is 0 Å². The SMILES string of the molecule is CC(C)C(=O)c1c(C(=O)c2cccc3ccccc23)c2ccccc2oc1=O. The number of ketones is 2. The molecule has 0 amide bonds. The summed E-state index contributed by atoms with van der Waals surface area (Å²) in [7, 11) is 0. The van der Waals surface area contributed by atoms with Crippen molar-refractivity contribution in [2.75, 3.05) is 0 Å². The van der Waals surface area contributed by atoms with Gasteiger partial charge in [-0.3, -0.25) is 9.59 Å². The topological polar surface area (TPSA) is 64.3 Å². The van der Waals surface area contributed by atoms with E-state index in [0.717, 1.165) is 10.8 Å². The second kappa shape index (κ2) is 6.89. The minimum atomic E-state index is -0.777. The fourth-order valence-corrected chi connectivity index (χ4v) is 3.46. The molecule has 4 nitrogen and oxygen atoms in total.